The summed E-state index contributed by atoms with van der Waals surface area (Å²) < 4.78 is 4.99. The number of hydrogen-bond acceptors (Lipinski definition) is 4. The Labute approximate surface area is 98.9 Å². The van der Waals surface area contributed by atoms with Crippen molar-refractivity contribution >= 4 is 23.4 Å². The molecule has 0 aromatic heterocycles. The van der Waals surface area contributed by atoms with E-state index in [2.05, 4.69) is 5.32 Å². The zero-order valence-corrected chi connectivity index (χ0v) is 9.84. The molecule has 0 amide bonds. The highest BCUT2D eigenvalue weighted by Gasteiger charge is 2.19. The molecule has 0 atom stereocenters. The fourth-order valence-electron chi connectivity index (χ4n) is 1.46. The summed E-state index contributed by atoms with van der Waals surface area (Å²) in [6.45, 7) is 2.40. The summed E-state index contributed by atoms with van der Waals surface area (Å²) >= 11 is 1.54. The summed E-state index contributed by atoms with van der Waals surface area (Å²) in [6, 6.07) is 9.78. The third-order valence-electron chi connectivity index (χ3n) is 2.19. The molecular weight excluding hydrogens is 222 g/mol. The Bertz CT molecular complexity index is 414. The molecule has 1 aromatic rings. The highest BCUT2D eigenvalue weighted by Crippen LogP contribution is 2.25. The molecule has 0 bridgehead atoms. The van der Waals surface area contributed by atoms with E-state index < -0.39 is 0 Å². The van der Waals surface area contributed by atoms with Crippen LogP contribution in [0.5, 0.6) is 0 Å². The average molecular weight is 235 g/mol. The minimum Gasteiger partial charge on any atom is -0.461 e. The van der Waals surface area contributed by atoms with Crippen molar-refractivity contribution in [3.8, 4) is 0 Å². The van der Waals surface area contributed by atoms with Gasteiger partial charge in [-0.1, -0.05) is 18.2 Å². The first-order chi connectivity index (χ1) is 7.77. The van der Waals surface area contributed by atoms with Crippen molar-refractivity contribution in [2.24, 2.45) is 0 Å². The van der Waals surface area contributed by atoms with Crippen molar-refractivity contribution in [2.45, 2.75) is 6.92 Å². The van der Waals surface area contributed by atoms with Crippen LogP contribution in [-0.2, 0) is 9.53 Å². The van der Waals surface area contributed by atoms with E-state index in [4.69, 9.17) is 4.74 Å². The van der Waals surface area contributed by atoms with Crippen LogP contribution < -0.4 is 5.32 Å². The highest BCUT2D eigenvalue weighted by molar-refractivity contribution is 8.04. The van der Waals surface area contributed by atoms with Crippen LogP contribution in [0, 0.1) is 0 Å². The number of esters is 1. The molecule has 84 valence electrons. The molecule has 0 aliphatic carbocycles. The number of para-hydroxylation sites is 1. The summed E-state index contributed by atoms with van der Waals surface area (Å²) in [7, 11) is 0. The average Bonchev–Trinajstić information content (AvgIpc) is 2.31. The van der Waals surface area contributed by atoms with E-state index in [0.29, 0.717) is 11.5 Å². The van der Waals surface area contributed by atoms with Crippen LogP contribution in [-0.4, -0.2) is 18.3 Å². The Morgan fingerprint density at radius 1 is 1.38 bits per heavy atom. The van der Waals surface area contributed by atoms with Crippen molar-refractivity contribution in [1.29, 1.82) is 0 Å². The summed E-state index contributed by atoms with van der Waals surface area (Å²) in [6.07, 6.45) is 0. The zero-order chi connectivity index (χ0) is 11.4. The van der Waals surface area contributed by atoms with Crippen LogP contribution in [0.25, 0.3) is 0 Å². The van der Waals surface area contributed by atoms with Crippen molar-refractivity contribution in [1.82, 2.24) is 0 Å². The predicted molar refractivity (Wildman–Crippen MR) is 66.2 cm³/mol. The number of thioether (sulfide) groups is 1. The van der Waals surface area contributed by atoms with Crippen LogP contribution >= 0.6 is 11.8 Å². The number of allylic oxidation sites excluding steroid dienone is 1. The maximum Gasteiger partial charge on any atom is 0.346 e. The first-order valence-electron chi connectivity index (χ1n) is 5.10. The molecule has 1 heterocycles. The Morgan fingerprint density at radius 2 is 2.12 bits per heavy atom. The third kappa shape index (κ3) is 2.58. The van der Waals surface area contributed by atoms with Gasteiger partial charge in [-0.05, 0) is 19.1 Å². The number of carbonyl (C=O) groups is 1. The lowest BCUT2D eigenvalue weighted by molar-refractivity contribution is -0.138. The van der Waals surface area contributed by atoms with E-state index in [0.717, 1.165) is 17.1 Å². The van der Waals surface area contributed by atoms with E-state index >= 15 is 0 Å². The molecule has 1 N–H and O–H groups in total. The number of carbonyl (C=O) groups excluding carboxylic acids is 1. The van der Waals surface area contributed by atoms with Gasteiger partial charge in [-0.15, -0.1) is 11.8 Å². The van der Waals surface area contributed by atoms with E-state index in [-0.39, 0.29) is 5.97 Å². The molecule has 1 aliphatic rings. The maximum atomic E-state index is 11.5. The second-order valence-corrected chi connectivity index (χ2v) is 4.53. The lowest BCUT2D eigenvalue weighted by atomic mass is 10.3. The highest BCUT2D eigenvalue weighted by atomic mass is 32.2. The van der Waals surface area contributed by atoms with Gasteiger partial charge in [-0.25, -0.2) is 4.79 Å². The van der Waals surface area contributed by atoms with Gasteiger partial charge < -0.3 is 10.1 Å². The number of hydrogen-bond donors (Lipinski definition) is 1. The fraction of sp³-hybridized carbons (Fsp3) is 0.250. The molecule has 16 heavy (non-hydrogen) atoms. The van der Waals surface area contributed by atoms with Gasteiger partial charge in [0.1, 0.15) is 11.5 Å². The van der Waals surface area contributed by atoms with Gasteiger partial charge in [0.25, 0.3) is 0 Å². The van der Waals surface area contributed by atoms with Crippen LogP contribution in [0.1, 0.15) is 6.92 Å². The molecule has 0 spiro atoms. The summed E-state index contributed by atoms with van der Waals surface area (Å²) in [5.41, 5.74) is 1.83. The van der Waals surface area contributed by atoms with Crippen molar-refractivity contribution in [3.63, 3.8) is 0 Å². The number of anilines is 1. The minimum absolute atomic E-state index is 0.225. The largest absolute Gasteiger partial charge is 0.461 e. The topological polar surface area (TPSA) is 38.3 Å². The molecule has 3 nitrogen and oxygen atoms in total. The van der Waals surface area contributed by atoms with Crippen LogP contribution in [0.4, 0.5) is 5.69 Å². The lowest BCUT2D eigenvalue weighted by Gasteiger charge is -2.17. The zero-order valence-electron chi connectivity index (χ0n) is 9.03. The molecule has 1 saturated heterocycles. The van der Waals surface area contributed by atoms with Gasteiger partial charge >= 0.3 is 5.97 Å². The molecule has 1 aliphatic heterocycles. The van der Waals surface area contributed by atoms with Crippen molar-refractivity contribution < 1.29 is 9.53 Å². The van der Waals surface area contributed by atoms with Gasteiger partial charge in [-0.3, -0.25) is 0 Å². The predicted octanol–water partition coefficient (Wildman–Crippen LogP) is 2.62. The smallest absolute Gasteiger partial charge is 0.346 e. The van der Waals surface area contributed by atoms with E-state index in [9.17, 15) is 4.79 Å². The first kappa shape index (κ1) is 11.1. The molecule has 2 rings (SSSR count). The number of benzene rings is 1. The van der Waals surface area contributed by atoms with Crippen LogP contribution in [0.2, 0.25) is 0 Å². The Morgan fingerprint density at radius 3 is 2.81 bits per heavy atom. The molecule has 0 unspecified atom stereocenters. The number of ether oxygens (including phenoxy) is 1. The van der Waals surface area contributed by atoms with E-state index in [1.54, 1.807) is 11.8 Å². The minimum atomic E-state index is -0.225. The summed E-state index contributed by atoms with van der Waals surface area (Å²) in [4.78, 5) is 12.2. The molecule has 0 radical (unpaired) electrons. The number of rotatable bonds is 2. The Kier molecular flexibility index (Phi) is 3.51. The summed E-state index contributed by atoms with van der Waals surface area (Å²) in [5, 5.41) is 3.20. The molecule has 0 saturated carbocycles. The molecule has 1 fully saturated rings. The summed E-state index contributed by atoms with van der Waals surface area (Å²) in [5.74, 6) is 0.603. The third-order valence-corrected chi connectivity index (χ3v) is 3.33. The fourth-order valence-corrected chi connectivity index (χ4v) is 2.27. The van der Waals surface area contributed by atoms with Crippen LogP contribution in [0.15, 0.2) is 40.9 Å². The maximum absolute atomic E-state index is 11.5. The normalized spacial score (nSPS) is 18.9. The number of nitrogens with one attached hydrogen (secondary N) is 1. The number of cyclic esters (lactones) is 1. The Hall–Kier alpha value is -1.42. The van der Waals surface area contributed by atoms with E-state index in [1.165, 1.54) is 0 Å². The molecular formula is C12H13NO2S. The second kappa shape index (κ2) is 5.07. The van der Waals surface area contributed by atoms with Gasteiger partial charge in [0.05, 0.1) is 0 Å². The first-order valence-corrected chi connectivity index (χ1v) is 6.09. The second-order valence-electron chi connectivity index (χ2n) is 3.43. The van der Waals surface area contributed by atoms with E-state index in [1.807, 2.05) is 37.3 Å². The SMILES string of the molecule is CC(Nc1ccccc1)=C1SCCOC1=O. The Balaban J connectivity index is 2.14. The van der Waals surface area contributed by atoms with Crippen LogP contribution in [0.3, 0.4) is 0 Å². The lowest BCUT2D eigenvalue weighted by Crippen LogP contribution is -2.17. The standard InChI is InChI=1S/C12H13NO2S/c1-9(11-12(14)15-7-8-16-11)13-10-5-3-2-4-6-10/h2-6,13H,7-8H2,1H3. The van der Waals surface area contributed by atoms with Gasteiger partial charge in [0.2, 0.25) is 0 Å². The van der Waals surface area contributed by atoms with Crippen molar-refractivity contribution in [3.05, 3.63) is 40.9 Å². The van der Waals surface area contributed by atoms with Crippen molar-refractivity contribution in [2.75, 3.05) is 17.7 Å². The molecule has 4 heteroatoms. The monoisotopic (exact) mass is 235 g/mol. The van der Waals surface area contributed by atoms with Gasteiger partial charge in [0.15, 0.2) is 0 Å². The quantitative estimate of drug-likeness (QED) is 0.631. The molecule has 1 aromatic carbocycles. The van der Waals surface area contributed by atoms with Gasteiger partial charge in [-0.2, -0.15) is 0 Å². The van der Waals surface area contributed by atoms with Gasteiger partial charge in [0, 0.05) is 17.1 Å².